The van der Waals surface area contributed by atoms with Crippen LogP contribution in [0.4, 0.5) is 0 Å². The van der Waals surface area contributed by atoms with Crippen LogP contribution in [0.15, 0.2) is 23.2 Å². The Labute approximate surface area is 113 Å². The maximum atomic E-state index is 12.2. The van der Waals surface area contributed by atoms with Gasteiger partial charge in [-0.15, -0.1) is 0 Å². The minimum Gasteiger partial charge on any atom is -0.481 e. The van der Waals surface area contributed by atoms with Crippen molar-refractivity contribution in [1.82, 2.24) is 15.0 Å². The molecular formula is C12H19N3O3S. The average molecular weight is 285 g/mol. The highest BCUT2D eigenvalue weighted by Crippen LogP contribution is 2.16. The monoisotopic (exact) mass is 285 g/mol. The van der Waals surface area contributed by atoms with E-state index in [0.717, 1.165) is 19.5 Å². The first-order valence-electron chi connectivity index (χ1n) is 6.26. The summed E-state index contributed by atoms with van der Waals surface area (Å²) in [5, 5.41) is 3.24. The zero-order chi connectivity index (χ0) is 13.9. The van der Waals surface area contributed by atoms with Crippen LogP contribution in [0.5, 0.6) is 5.88 Å². The first-order valence-corrected chi connectivity index (χ1v) is 7.74. The summed E-state index contributed by atoms with van der Waals surface area (Å²) in [6.45, 7) is 3.69. The van der Waals surface area contributed by atoms with Gasteiger partial charge in [0, 0.05) is 12.1 Å². The number of aromatic nitrogens is 1. The van der Waals surface area contributed by atoms with E-state index < -0.39 is 10.0 Å². The number of sulfonamides is 1. The highest BCUT2D eigenvalue weighted by molar-refractivity contribution is 7.89. The molecule has 0 spiro atoms. The number of rotatable bonds is 4. The summed E-state index contributed by atoms with van der Waals surface area (Å²) < 4.78 is 32.1. The molecule has 0 amide bonds. The fourth-order valence-corrected chi connectivity index (χ4v) is 3.43. The lowest BCUT2D eigenvalue weighted by molar-refractivity contribution is 0.328. The summed E-state index contributed by atoms with van der Waals surface area (Å²) >= 11 is 0. The molecule has 106 valence electrons. The number of ether oxygens (including phenoxy) is 1. The van der Waals surface area contributed by atoms with E-state index >= 15 is 0 Å². The zero-order valence-corrected chi connectivity index (χ0v) is 11.9. The van der Waals surface area contributed by atoms with Crippen LogP contribution in [0.3, 0.4) is 0 Å². The normalized spacial score (nSPS) is 24.1. The Morgan fingerprint density at radius 1 is 1.47 bits per heavy atom. The van der Waals surface area contributed by atoms with E-state index in [1.165, 1.54) is 19.4 Å². The van der Waals surface area contributed by atoms with Gasteiger partial charge in [0.05, 0.1) is 13.3 Å². The second-order valence-electron chi connectivity index (χ2n) is 4.73. The molecular weight excluding hydrogens is 266 g/mol. The van der Waals surface area contributed by atoms with Gasteiger partial charge in [-0.2, -0.15) is 0 Å². The molecule has 6 nitrogen and oxygen atoms in total. The molecule has 0 saturated carbocycles. The molecule has 2 rings (SSSR count). The second kappa shape index (κ2) is 5.85. The van der Waals surface area contributed by atoms with Crippen LogP contribution in [0.25, 0.3) is 0 Å². The largest absolute Gasteiger partial charge is 0.481 e. The predicted molar refractivity (Wildman–Crippen MR) is 71.5 cm³/mol. The average Bonchev–Trinajstić information content (AvgIpc) is 2.41. The van der Waals surface area contributed by atoms with Gasteiger partial charge in [-0.1, -0.05) is 6.92 Å². The number of pyridine rings is 1. The van der Waals surface area contributed by atoms with Gasteiger partial charge in [0.15, 0.2) is 0 Å². The van der Waals surface area contributed by atoms with Gasteiger partial charge in [0.2, 0.25) is 15.9 Å². The molecule has 1 saturated heterocycles. The van der Waals surface area contributed by atoms with Crippen LogP contribution in [0, 0.1) is 5.92 Å². The maximum absolute atomic E-state index is 12.2. The molecule has 2 unspecified atom stereocenters. The summed E-state index contributed by atoms with van der Waals surface area (Å²) in [5.74, 6) is 0.670. The molecule has 0 aromatic carbocycles. The van der Waals surface area contributed by atoms with Crippen molar-refractivity contribution in [2.45, 2.75) is 24.3 Å². The van der Waals surface area contributed by atoms with Crippen molar-refractivity contribution in [3.05, 3.63) is 18.3 Å². The van der Waals surface area contributed by atoms with Gasteiger partial charge in [0.25, 0.3) is 0 Å². The molecule has 1 aromatic rings. The lowest BCUT2D eigenvalue weighted by atomic mass is 9.97. The zero-order valence-electron chi connectivity index (χ0n) is 11.1. The molecule has 1 aliphatic rings. The number of methoxy groups -OCH3 is 1. The highest BCUT2D eigenvalue weighted by Gasteiger charge is 2.26. The van der Waals surface area contributed by atoms with Crippen molar-refractivity contribution in [2.75, 3.05) is 20.2 Å². The highest BCUT2D eigenvalue weighted by atomic mass is 32.2. The van der Waals surface area contributed by atoms with E-state index in [0.29, 0.717) is 5.88 Å². The van der Waals surface area contributed by atoms with Crippen LogP contribution < -0.4 is 14.8 Å². The standard InChI is InChI=1S/C12H19N3O3S/c1-9-7-13-6-5-11(9)15-19(16,17)10-3-4-12(18-2)14-8-10/h3-4,8-9,11,13,15H,5-7H2,1-2H3. The fraction of sp³-hybridized carbons (Fsp3) is 0.583. The minimum absolute atomic E-state index is 0.0339. The molecule has 0 radical (unpaired) electrons. The first kappa shape index (κ1) is 14.2. The van der Waals surface area contributed by atoms with Gasteiger partial charge in [-0.25, -0.2) is 18.1 Å². The van der Waals surface area contributed by atoms with E-state index in [-0.39, 0.29) is 16.9 Å². The van der Waals surface area contributed by atoms with E-state index in [1.54, 1.807) is 6.07 Å². The number of hydrogen-bond donors (Lipinski definition) is 2. The molecule has 0 aliphatic carbocycles. The molecule has 1 fully saturated rings. The van der Waals surface area contributed by atoms with E-state index in [1.807, 2.05) is 6.92 Å². The smallest absolute Gasteiger partial charge is 0.242 e. The van der Waals surface area contributed by atoms with E-state index in [2.05, 4.69) is 15.0 Å². The van der Waals surface area contributed by atoms with Crippen molar-refractivity contribution >= 4 is 10.0 Å². The molecule has 2 heterocycles. The maximum Gasteiger partial charge on any atom is 0.242 e. The molecule has 2 N–H and O–H groups in total. The Morgan fingerprint density at radius 3 is 2.84 bits per heavy atom. The summed E-state index contributed by atoms with van der Waals surface area (Å²) in [5.41, 5.74) is 0. The van der Waals surface area contributed by atoms with Gasteiger partial charge >= 0.3 is 0 Å². The summed E-state index contributed by atoms with van der Waals surface area (Å²) in [6.07, 6.45) is 2.11. The Morgan fingerprint density at radius 2 is 2.26 bits per heavy atom. The first-order chi connectivity index (χ1) is 9.03. The van der Waals surface area contributed by atoms with E-state index in [9.17, 15) is 8.42 Å². The van der Waals surface area contributed by atoms with Gasteiger partial charge in [-0.3, -0.25) is 0 Å². The van der Waals surface area contributed by atoms with Crippen LogP contribution in [0.2, 0.25) is 0 Å². The van der Waals surface area contributed by atoms with Crippen molar-refractivity contribution in [3.8, 4) is 5.88 Å². The van der Waals surface area contributed by atoms with E-state index in [4.69, 9.17) is 4.74 Å². The topological polar surface area (TPSA) is 80.3 Å². The van der Waals surface area contributed by atoms with Crippen LogP contribution in [0.1, 0.15) is 13.3 Å². The van der Waals surface area contributed by atoms with Crippen molar-refractivity contribution in [2.24, 2.45) is 5.92 Å². The quantitative estimate of drug-likeness (QED) is 0.835. The molecule has 2 atom stereocenters. The molecule has 1 aromatic heterocycles. The van der Waals surface area contributed by atoms with Crippen molar-refractivity contribution in [3.63, 3.8) is 0 Å². The molecule has 0 bridgehead atoms. The third-order valence-electron chi connectivity index (χ3n) is 3.32. The Kier molecular flexibility index (Phi) is 4.38. The summed E-state index contributed by atoms with van der Waals surface area (Å²) in [7, 11) is -2.02. The number of piperidine rings is 1. The summed E-state index contributed by atoms with van der Waals surface area (Å²) in [4.78, 5) is 4.09. The lowest BCUT2D eigenvalue weighted by Crippen LogP contribution is -2.48. The number of nitrogens with one attached hydrogen (secondary N) is 2. The molecule has 1 aliphatic heterocycles. The van der Waals surface area contributed by atoms with Gasteiger partial charge in [-0.05, 0) is 31.5 Å². The van der Waals surface area contributed by atoms with Gasteiger partial charge in [0.1, 0.15) is 4.90 Å². The lowest BCUT2D eigenvalue weighted by Gasteiger charge is -2.29. The van der Waals surface area contributed by atoms with Crippen molar-refractivity contribution < 1.29 is 13.2 Å². The molecule has 19 heavy (non-hydrogen) atoms. The fourth-order valence-electron chi connectivity index (χ4n) is 2.10. The second-order valence-corrected chi connectivity index (χ2v) is 6.45. The third kappa shape index (κ3) is 3.43. The number of hydrogen-bond acceptors (Lipinski definition) is 5. The number of nitrogens with zero attached hydrogens (tertiary/aromatic N) is 1. The SMILES string of the molecule is COc1ccc(S(=O)(=O)NC2CCNCC2C)cn1. The molecule has 7 heteroatoms. The summed E-state index contributed by atoms with van der Waals surface area (Å²) in [6, 6.07) is 3.01. The van der Waals surface area contributed by atoms with Crippen LogP contribution >= 0.6 is 0 Å². The Bertz CT molecular complexity index is 516. The third-order valence-corrected chi connectivity index (χ3v) is 4.80. The van der Waals surface area contributed by atoms with Crippen molar-refractivity contribution in [1.29, 1.82) is 0 Å². The Balaban J connectivity index is 2.12. The van der Waals surface area contributed by atoms with Gasteiger partial charge < -0.3 is 10.1 Å². The predicted octanol–water partition coefficient (Wildman–Crippen LogP) is 0.366. The van der Waals surface area contributed by atoms with Crippen LogP contribution in [-0.4, -0.2) is 39.6 Å². The Hall–Kier alpha value is -1.18. The van der Waals surface area contributed by atoms with Crippen LogP contribution in [-0.2, 0) is 10.0 Å². The minimum atomic E-state index is -3.51.